The molecule has 24 heavy (non-hydrogen) atoms. The number of nitrogens with one attached hydrogen (secondary N) is 1. The van der Waals surface area contributed by atoms with Crippen molar-refractivity contribution in [2.75, 3.05) is 6.54 Å². The van der Waals surface area contributed by atoms with E-state index in [9.17, 15) is 9.90 Å². The quantitative estimate of drug-likeness (QED) is 0.819. The molecule has 0 spiro atoms. The Morgan fingerprint density at radius 2 is 2.08 bits per heavy atom. The summed E-state index contributed by atoms with van der Waals surface area (Å²) in [5, 5.41) is 12.0. The van der Waals surface area contributed by atoms with Crippen molar-refractivity contribution in [1.29, 1.82) is 0 Å². The second-order valence-corrected chi connectivity index (χ2v) is 7.71. The summed E-state index contributed by atoms with van der Waals surface area (Å²) in [6.07, 6.45) is 0.747. The van der Waals surface area contributed by atoms with E-state index in [-0.39, 0.29) is 0 Å². The van der Waals surface area contributed by atoms with Crippen LogP contribution in [0.25, 0.3) is 10.9 Å². The number of aromatic amines is 1. The maximum absolute atomic E-state index is 12.3. The molecule has 2 heterocycles. The van der Waals surface area contributed by atoms with Crippen LogP contribution in [0.1, 0.15) is 38.4 Å². The van der Waals surface area contributed by atoms with E-state index in [2.05, 4.69) is 27.0 Å². The number of carbonyl (C=O) groups is 1. The third-order valence-corrected chi connectivity index (χ3v) is 5.90. The number of halogens is 1. The van der Waals surface area contributed by atoms with Crippen LogP contribution in [-0.2, 0) is 11.2 Å². The molecule has 2 N–H and O–H groups in total. The van der Waals surface area contributed by atoms with Crippen molar-refractivity contribution in [3.63, 3.8) is 0 Å². The number of cyclic esters (lactones) is 1. The number of ether oxygens (including phenoxy) is 1. The van der Waals surface area contributed by atoms with Crippen LogP contribution in [0.3, 0.4) is 0 Å². The molecule has 1 aliphatic heterocycles. The van der Waals surface area contributed by atoms with E-state index in [0.29, 0.717) is 19.4 Å². The van der Waals surface area contributed by atoms with Gasteiger partial charge in [0.1, 0.15) is 0 Å². The molecule has 0 saturated carbocycles. The van der Waals surface area contributed by atoms with Crippen LogP contribution in [0.15, 0.2) is 22.7 Å². The largest absolute Gasteiger partial charge is 0.438 e. The van der Waals surface area contributed by atoms with Gasteiger partial charge >= 0.3 is 6.09 Å². The van der Waals surface area contributed by atoms with Crippen LogP contribution >= 0.6 is 15.9 Å². The van der Waals surface area contributed by atoms with Crippen molar-refractivity contribution in [2.45, 2.75) is 51.9 Å². The topological polar surface area (TPSA) is 65.6 Å². The summed E-state index contributed by atoms with van der Waals surface area (Å²) in [5.74, 6) is 0. The lowest BCUT2D eigenvalue weighted by atomic mass is 9.90. The van der Waals surface area contributed by atoms with E-state index in [4.69, 9.17) is 4.74 Å². The molecule has 5 nitrogen and oxygen atoms in total. The summed E-state index contributed by atoms with van der Waals surface area (Å²) in [5.41, 5.74) is 1.09. The first-order chi connectivity index (χ1) is 11.2. The maximum atomic E-state index is 12.3. The van der Waals surface area contributed by atoms with Gasteiger partial charge in [0.2, 0.25) is 0 Å². The molecule has 0 aliphatic carbocycles. The summed E-state index contributed by atoms with van der Waals surface area (Å²) in [6.45, 7) is 7.77. The van der Waals surface area contributed by atoms with Crippen LogP contribution in [0.5, 0.6) is 0 Å². The zero-order valence-electron chi connectivity index (χ0n) is 14.4. The Morgan fingerprint density at radius 3 is 2.71 bits per heavy atom. The zero-order chi connectivity index (χ0) is 17.7. The van der Waals surface area contributed by atoms with Gasteiger partial charge in [-0.05, 0) is 57.4 Å². The molecule has 1 aromatic carbocycles. The summed E-state index contributed by atoms with van der Waals surface area (Å²) < 4.78 is 6.47. The van der Waals surface area contributed by atoms with Crippen LogP contribution < -0.4 is 0 Å². The fourth-order valence-corrected chi connectivity index (χ4v) is 3.79. The van der Waals surface area contributed by atoms with Crippen molar-refractivity contribution < 1.29 is 14.6 Å². The number of carbonyl (C=O) groups excluding carboxylic acids is 1. The van der Waals surface area contributed by atoms with Gasteiger partial charge in [-0.25, -0.2) is 4.79 Å². The Morgan fingerprint density at radius 1 is 1.38 bits per heavy atom. The fourth-order valence-electron chi connectivity index (χ4n) is 3.42. The maximum Gasteiger partial charge on any atom is 0.412 e. The van der Waals surface area contributed by atoms with Gasteiger partial charge in [0, 0.05) is 27.6 Å². The third-order valence-electron chi connectivity index (χ3n) is 5.40. The monoisotopic (exact) mass is 394 g/mol. The number of aromatic nitrogens is 1. The van der Waals surface area contributed by atoms with Crippen molar-refractivity contribution in [1.82, 2.24) is 9.88 Å². The molecule has 0 bridgehead atoms. The average molecular weight is 395 g/mol. The molecule has 2 aromatic rings. The number of aliphatic hydroxyl groups is 1. The van der Waals surface area contributed by atoms with Gasteiger partial charge in [-0.1, -0.05) is 22.9 Å². The van der Waals surface area contributed by atoms with Crippen molar-refractivity contribution >= 4 is 32.9 Å². The van der Waals surface area contributed by atoms with Gasteiger partial charge in [-0.3, -0.25) is 4.90 Å². The number of nitrogens with zero attached hydrogens (tertiary/aromatic N) is 1. The SMILES string of the molecule is CC[C@@]1(C)OC(=O)N(CCc2c(C)[nH]c3ccc(Br)cc23)[C@]1(C)O. The molecule has 1 aromatic heterocycles. The molecule has 1 amide bonds. The van der Waals surface area contributed by atoms with Gasteiger partial charge in [-0.2, -0.15) is 0 Å². The number of hydrogen-bond donors (Lipinski definition) is 2. The molecule has 3 rings (SSSR count). The second kappa shape index (κ2) is 5.77. The Bertz CT molecular complexity index is 799. The number of H-pyrrole nitrogens is 1. The van der Waals surface area contributed by atoms with E-state index in [1.54, 1.807) is 13.8 Å². The van der Waals surface area contributed by atoms with Crippen LogP contribution in [0.2, 0.25) is 0 Å². The first-order valence-electron chi connectivity index (χ1n) is 8.19. The molecule has 6 heteroatoms. The fraction of sp³-hybridized carbons (Fsp3) is 0.500. The molecule has 130 valence electrons. The van der Waals surface area contributed by atoms with E-state index < -0.39 is 17.4 Å². The predicted octanol–water partition coefficient (Wildman–Crippen LogP) is 4.11. The van der Waals surface area contributed by atoms with Gasteiger partial charge in [0.25, 0.3) is 0 Å². The number of amides is 1. The van der Waals surface area contributed by atoms with Crippen molar-refractivity contribution in [3.8, 4) is 0 Å². The van der Waals surface area contributed by atoms with Crippen LogP contribution in [-0.4, -0.2) is 39.0 Å². The highest BCUT2D eigenvalue weighted by atomic mass is 79.9. The molecule has 1 aliphatic rings. The Hall–Kier alpha value is -1.53. The standard InChI is InChI=1S/C18H23BrN2O3/c1-5-17(3)18(4,23)21(16(22)24-17)9-8-13-11(2)20-15-7-6-12(19)10-14(13)15/h6-7,10,20,23H,5,8-9H2,1-4H3/t17-,18-/m1/s1. The van der Waals surface area contributed by atoms with Crippen molar-refractivity contribution in [2.24, 2.45) is 0 Å². The van der Waals surface area contributed by atoms with Gasteiger partial charge in [0.05, 0.1) is 0 Å². The minimum Gasteiger partial charge on any atom is -0.438 e. The summed E-state index contributed by atoms with van der Waals surface area (Å²) in [7, 11) is 0. The Balaban J connectivity index is 1.88. The van der Waals surface area contributed by atoms with Crippen molar-refractivity contribution in [3.05, 3.63) is 33.9 Å². The first-order valence-corrected chi connectivity index (χ1v) is 8.98. The van der Waals surface area contributed by atoms with Crippen LogP contribution in [0.4, 0.5) is 4.79 Å². The number of benzene rings is 1. The highest BCUT2D eigenvalue weighted by Crippen LogP contribution is 2.39. The molecule has 1 saturated heterocycles. The van der Waals surface area contributed by atoms with E-state index >= 15 is 0 Å². The lowest BCUT2D eigenvalue weighted by Gasteiger charge is -2.36. The first kappa shape index (κ1) is 17.3. The molecule has 1 fully saturated rings. The lowest BCUT2D eigenvalue weighted by molar-refractivity contribution is -0.137. The Kier molecular flexibility index (Phi) is 4.16. The highest BCUT2D eigenvalue weighted by Gasteiger charge is 2.58. The van der Waals surface area contributed by atoms with Gasteiger partial charge in [0.15, 0.2) is 11.3 Å². The summed E-state index contributed by atoms with van der Waals surface area (Å²) in [6, 6.07) is 6.10. The minimum absolute atomic E-state index is 0.404. The van der Waals surface area contributed by atoms with Gasteiger partial charge < -0.3 is 14.8 Å². The highest BCUT2D eigenvalue weighted by molar-refractivity contribution is 9.10. The predicted molar refractivity (Wildman–Crippen MR) is 96.9 cm³/mol. The number of rotatable bonds is 4. The number of aryl methyl sites for hydroxylation is 1. The molecule has 2 atom stereocenters. The summed E-state index contributed by atoms with van der Waals surface area (Å²) in [4.78, 5) is 17.1. The molecular formula is C18H23BrN2O3. The number of hydrogen-bond acceptors (Lipinski definition) is 3. The second-order valence-electron chi connectivity index (χ2n) is 6.79. The molecule has 0 unspecified atom stereocenters. The van der Waals surface area contributed by atoms with Gasteiger partial charge in [-0.15, -0.1) is 0 Å². The van der Waals surface area contributed by atoms with E-state index in [1.165, 1.54) is 4.90 Å². The normalized spacial score (nSPS) is 27.1. The zero-order valence-corrected chi connectivity index (χ0v) is 16.0. The van der Waals surface area contributed by atoms with E-state index in [1.807, 2.05) is 26.0 Å². The molecule has 0 radical (unpaired) electrons. The van der Waals surface area contributed by atoms with Crippen LogP contribution in [0, 0.1) is 6.92 Å². The number of fused-ring (bicyclic) bond motifs is 1. The smallest absolute Gasteiger partial charge is 0.412 e. The minimum atomic E-state index is -1.32. The third kappa shape index (κ3) is 2.52. The van der Waals surface area contributed by atoms with E-state index in [0.717, 1.165) is 26.6 Å². The summed E-state index contributed by atoms with van der Waals surface area (Å²) >= 11 is 3.51. The molecular weight excluding hydrogens is 372 g/mol. The Labute approximate surface area is 150 Å². The lowest BCUT2D eigenvalue weighted by Crippen LogP contribution is -2.55. The average Bonchev–Trinajstić information content (AvgIpc) is 2.90.